The van der Waals surface area contributed by atoms with E-state index >= 15 is 0 Å². The molecule has 9 atom stereocenters. The van der Waals surface area contributed by atoms with Gasteiger partial charge in [0.2, 0.25) is 11.7 Å². The number of rotatable bonds is 12. The largest absolute Gasteiger partial charge is 0.461 e. The van der Waals surface area contributed by atoms with E-state index in [1.165, 1.54) is 4.90 Å². The second kappa shape index (κ2) is 32.4. The van der Waals surface area contributed by atoms with Crippen molar-refractivity contribution in [1.82, 2.24) is 25.1 Å². The number of allylic oxidation sites excluding steroid dienone is 6. The predicted octanol–water partition coefficient (Wildman–Crippen LogP) is 8.82. The van der Waals surface area contributed by atoms with Crippen molar-refractivity contribution in [2.75, 3.05) is 64.5 Å². The molecule has 2 N–H and O–H groups in total. The van der Waals surface area contributed by atoms with Gasteiger partial charge in [-0.15, -0.1) is 0 Å². The van der Waals surface area contributed by atoms with Gasteiger partial charge in [0.1, 0.15) is 30.1 Å². The van der Waals surface area contributed by atoms with Crippen LogP contribution in [0.15, 0.2) is 60.0 Å². The van der Waals surface area contributed by atoms with Gasteiger partial charge in [-0.2, -0.15) is 0 Å². The Kier molecular flexibility index (Phi) is 26.0. The molecule has 2 unspecified atom stereocenters. The SMILES string of the molecule is CCOCCN1CCN(c2ncc(CNC(=O)OC3CCC(CC[C@@H]4CC[C@H](C)/C=C(\C)[C@@H](O)CC(=O)[C@H](C)C[C@H](C)/C=C/C=C/C=C(\C)[C@@H](OC)CC5CCCC(O5)C(=O)C(=O)N5CCCC[C@H]5C(=O)O4)CC3)cn2)CC1. The van der Waals surface area contributed by atoms with E-state index in [1.807, 2.05) is 58.1 Å². The summed E-state index contributed by atoms with van der Waals surface area (Å²) in [5.74, 6) is -0.818. The lowest BCUT2D eigenvalue weighted by Gasteiger charge is -2.36. The van der Waals surface area contributed by atoms with Crippen LogP contribution in [0.1, 0.15) is 156 Å². The molecule has 5 aliphatic rings. The number of aliphatic hydroxyl groups excluding tert-OH is 1. The molecule has 1 aromatic rings. The van der Waals surface area contributed by atoms with Gasteiger partial charge in [0.15, 0.2) is 0 Å². The molecule has 3 saturated heterocycles. The van der Waals surface area contributed by atoms with Gasteiger partial charge < -0.3 is 43.9 Å². The average Bonchev–Trinajstić information content (AvgIpc) is 3.44. The molecule has 0 aromatic carbocycles. The molecule has 1 saturated carbocycles. The van der Waals surface area contributed by atoms with Crippen molar-refractivity contribution in [1.29, 1.82) is 0 Å². The van der Waals surface area contributed by atoms with E-state index in [9.17, 15) is 29.1 Å². The Balaban J connectivity index is 1.06. The van der Waals surface area contributed by atoms with Crippen LogP contribution in [-0.2, 0) is 49.4 Å². The lowest BCUT2D eigenvalue weighted by atomic mass is 9.83. The van der Waals surface area contributed by atoms with Gasteiger partial charge in [-0.3, -0.25) is 19.3 Å². The Morgan fingerprint density at radius 2 is 1.58 bits per heavy atom. The minimum atomic E-state index is -0.903. The number of carbonyl (C=O) groups excluding carboxylic acids is 5. The van der Waals surface area contributed by atoms with Crippen LogP contribution >= 0.6 is 0 Å². The molecule has 1 aromatic heterocycles. The van der Waals surface area contributed by atoms with Crippen molar-refractivity contribution >= 4 is 35.5 Å². The van der Waals surface area contributed by atoms with Gasteiger partial charge in [-0.25, -0.2) is 19.6 Å². The van der Waals surface area contributed by atoms with Gasteiger partial charge in [0.25, 0.3) is 5.91 Å². The van der Waals surface area contributed by atoms with Crippen LogP contribution in [0.2, 0.25) is 0 Å². The van der Waals surface area contributed by atoms with Gasteiger partial charge in [-0.1, -0.05) is 57.2 Å². The third-order valence-corrected chi connectivity index (χ3v) is 16.7. The number of methoxy groups -OCH3 is 1. The van der Waals surface area contributed by atoms with Crippen LogP contribution in [0.3, 0.4) is 0 Å². The second-order valence-electron chi connectivity index (χ2n) is 22.9. The fourth-order valence-corrected chi connectivity index (χ4v) is 11.7. The molecule has 0 spiro atoms. The first-order valence-corrected chi connectivity index (χ1v) is 29.5. The monoisotopic (exact) mass is 1090 g/mol. The lowest BCUT2D eigenvalue weighted by Crippen LogP contribution is -2.54. The highest BCUT2D eigenvalue weighted by molar-refractivity contribution is 6.38. The Labute approximate surface area is 465 Å². The van der Waals surface area contributed by atoms with E-state index in [0.29, 0.717) is 63.2 Å². The molecule has 4 aliphatic heterocycles. The number of hydrogen-bond donors (Lipinski definition) is 2. The minimum absolute atomic E-state index is 0.0125. The number of aliphatic hydroxyl groups is 1. The van der Waals surface area contributed by atoms with Crippen molar-refractivity contribution in [3.63, 3.8) is 0 Å². The molecule has 5 heterocycles. The molecule has 2 amide bonds. The van der Waals surface area contributed by atoms with Crippen LogP contribution in [0.5, 0.6) is 0 Å². The normalized spacial score (nSPS) is 32.6. The summed E-state index contributed by atoms with van der Waals surface area (Å²) in [5.41, 5.74) is 2.52. The molecule has 2 bridgehead atoms. The van der Waals surface area contributed by atoms with Crippen LogP contribution in [0.25, 0.3) is 0 Å². The Bertz CT molecular complexity index is 2180. The number of anilines is 1. The van der Waals surface area contributed by atoms with Crippen molar-refractivity contribution in [2.24, 2.45) is 23.7 Å². The van der Waals surface area contributed by atoms with E-state index < -0.39 is 48.1 Å². The first-order valence-electron chi connectivity index (χ1n) is 29.5. The van der Waals surface area contributed by atoms with Crippen molar-refractivity contribution < 1.29 is 52.8 Å². The number of Topliss-reactive ketones (excluding diaryl/α,β-unsaturated/α-hetero) is 2. The summed E-state index contributed by atoms with van der Waals surface area (Å²) in [6.45, 7) is 18.4. The molecule has 0 radical (unpaired) electrons. The predicted molar refractivity (Wildman–Crippen MR) is 300 cm³/mol. The number of aromatic nitrogens is 2. The molecular weight excluding hydrogens is 993 g/mol. The summed E-state index contributed by atoms with van der Waals surface area (Å²) in [7, 11) is 1.66. The van der Waals surface area contributed by atoms with Crippen LogP contribution < -0.4 is 10.2 Å². The molecule has 4 fully saturated rings. The number of alkyl carbamates (subject to hydrolysis) is 1. The zero-order valence-electron chi connectivity index (χ0n) is 48.1. The summed E-state index contributed by atoms with van der Waals surface area (Å²) in [4.78, 5) is 83.9. The molecule has 17 nitrogen and oxygen atoms in total. The van der Waals surface area contributed by atoms with Crippen molar-refractivity contribution in [3.05, 3.63) is 65.6 Å². The number of ether oxygens (including phenoxy) is 5. The molecule has 6 rings (SSSR count). The zero-order valence-corrected chi connectivity index (χ0v) is 48.1. The number of carbonyl (C=O) groups is 5. The molecule has 434 valence electrons. The number of fused-ring (bicyclic) bond motifs is 3. The highest BCUT2D eigenvalue weighted by Crippen LogP contribution is 2.33. The summed E-state index contributed by atoms with van der Waals surface area (Å²) < 4.78 is 30.0. The van der Waals surface area contributed by atoms with Crippen molar-refractivity contribution in [3.8, 4) is 0 Å². The molecule has 17 heteroatoms. The molecule has 1 aliphatic carbocycles. The third kappa shape index (κ3) is 20.1. The van der Waals surface area contributed by atoms with E-state index in [2.05, 4.69) is 45.0 Å². The minimum Gasteiger partial charge on any atom is -0.461 e. The van der Waals surface area contributed by atoms with Gasteiger partial charge in [0.05, 0.1) is 24.9 Å². The first-order chi connectivity index (χ1) is 37.6. The smallest absolute Gasteiger partial charge is 0.407 e. The van der Waals surface area contributed by atoms with Gasteiger partial charge in [0, 0.05) is 96.2 Å². The summed E-state index contributed by atoms with van der Waals surface area (Å²) in [6.07, 6.45) is 22.8. The van der Waals surface area contributed by atoms with Crippen LogP contribution in [-0.4, -0.2) is 157 Å². The fraction of sp³-hybridized carbons (Fsp3) is 0.721. The van der Waals surface area contributed by atoms with E-state index in [-0.39, 0.29) is 61.4 Å². The van der Waals surface area contributed by atoms with Gasteiger partial charge in [-0.05, 0) is 146 Å². The van der Waals surface area contributed by atoms with Crippen LogP contribution in [0.4, 0.5) is 10.7 Å². The number of hydrogen-bond acceptors (Lipinski definition) is 15. The quantitative estimate of drug-likeness (QED) is 0.0870. The number of cyclic esters (lactones) is 1. The summed E-state index contributed by atoms with van der Waals surface area (Å²) in [6, 6.07) is -0.882. The maximum absolute atomic E-state index is 14.3. The number of ketones is 2. The maximum Gasteiger partial charge on any atom is 0.407 e. The number of piperazine rings is 1. The number of nitrogens with zero attached hydrogens (tertiary/aromatic N) is 5. The number of amides is 2. The standard InChI is InChI=1S/C61H94N6O11/c1-8-75-34-33-65-29-31-66(32-30-65)60-62-39-48(40-63-60)41-64-61(73)78-50-26-22-47(23-27-50)21-25-49-24-20-43(3)36-46(6)54(69)38-53(68)45(5)35-42(2)15-10-9-11-16-44(4)56(74-7)37-51-17-14-19-55(76-51)57(70)58(71)67-28-13-12-18-52(67)59(72)77-49/h9-11,15-16,36,39-40,42-43,45,47,49-52,54-56,69H,8,12-14,17-35,37-38,41H2,1-7H3,(H,64,73)/b11-9+,15-10+,44-16+,46-36+/t42-,43+,45-,47?,49+,50?,51?,52+,54+,55?,56+/m1/s1. The highest BCUT2D eigenvalue weighted by Gasteiger charge is 2.41. The summed E-state index contributed by atoms with van der Waals surface area (Å²) in [5, 5.41) is 14.1. The summed E-state index contributed by atoms with van der Waals surface area (Å²) >= 11 is 0. The average molecular weight is 1090 g/mol. The second-order valence-corrected chi connectivity index (χ2v) is 22.9. The fourth-order valence-electron chi connectivity index (χ4n) is 11.7. The molecular formula is C61H94N6O11. The van der Waals surface area contributed by atoms with Crippen LogP contribution in [0, 0.1) is 23.7 Å². The van der Waals surface area contributed by atoms with Crippen molar-refractivity contribution in [2.45, 2.75) is 200 Å². The Morgan fingerprint density at radius 3 is 2.31 bits per heavy atom. The topological polar surface area (TPSA) is 199 Å². The Morgan fingerprint density at radius 1 is 0.821 bits per heavy atom. The zero-order chi connectivity index (χ0) is 56.0. The Hall–Kier alpha value is -4.81. The number of piperidine rings is 1. The number of esters is 1. The van der Waals surface area contributed by atoms with E-state index in [4.69, 9.17) is 23.7 Å². The van der Waals surface area contributed by atoms with E-state index in [0.717, 1.165) is 114 Å². The lowest BCUT2D eigenvalue weighted by molar-refractivity contribution is -0.167. The van der Waals surface area contributed by atoms with Gasteiger partial charge >= 0.3 is 12.1 Å². The molecule has 78 heavy (non-hydrogen) atoms. The third-order valence-electron chi connectivity index (χ3n) is 16.7. The first kappa shape index (κ1) is 62.4. The number of nitrogens with one attached hydrogen (secondary N) is 1. The van der Waals surface area contributed by atoms with E-state index in [1.54, 1.807) is 19.5 Å². The maximum atomic E-state index is 14.3. The highest BCUT2D eigenvalue weighted by atomic mass is 16.6.